The molecule has 3 aliphatic rings. The van der Waals surface area contributed by atoms with Gasteiger partial charge in [0, 0.05) is 18.6 Å². The van der Waals surface area contributed by atoms with Crippen LogP contribution in [0.2, 0.25) is 0 Å². The minimum absolute atomic E-state index is 0.0542. The standard InChI is InChI=1S/C18H37N5O9/c19-3-9-8(25)2-7(22)17(29-9)31-15-5(20)1-6(21)16(14(15)28)32-18-13(27)11(23)12(26)10(4-24)30-18/h5-18,24-28H,1-4,19-23H2/t5-,6+,7+,8-,9+,10-,11+,12+,13+,14-,15-,16+,17-,18+/m1/s1. The van der Waals surface area contributed by atoms with Crippen LogP contribution in [0.5, 0.6) is 0 Å². The summed E-state index contributed by atoms with van der Waals surface area (Å²) in [6.45, 7) is -0.499. The maximum Gasteiger partial charge on any atom is 0.186 e. The molecule has 1 aliphatic carbocycles. The molecule has 3 fully saturated rings. The van der Waals surface area contributed by atoms with E-state index in [1.54, 1.807) is 0 Å². The summed E-state index contributed by atoms with van der Waals surface area (Å²) in [7, 11) is 0. The summed E-state index contributed by atoms with van der Waals surface area (Å²) in [5.74, 6) is 0. The molecule has 0 radical (unpaired) electrons. The molecule has 0 aromatic carbocycles. The van der Waals surface area contributed by atoms with Crippen molar-refractivity contribution in [2.45, 2.75) is 98.4 Å². The first kappa shape index (κ1) is 26.1. The molecule has 0 aromatic heterocycles. The van der Waals surface area contributed by atoms with Gasteiger partial charge in [0.1, 0.15) is 36.6 Å². The topological polar surface area (TPSA) is 268 Å². The number of aliphatic hydroxyl groups excluding tert-OH is 5. The molecule has 14 atom stereocenters. The first-order valence-corrected chi connectivity index (χ1v) is 10.8. The second-order valence-electron chi connectivity index (χ2n) is 8.78. The number of rotatable bonds is 6. The van der Waals surface area contributed by atoms with Gasteiger partial charge in [-0.15, -0.1) is 0 Å². The first-order valence-electron chi connectivity index (χ1n) is 10.8. The molecule has 3 rings (SSSR count). The van der Waals surface area contributed by atoms with E-state index in [1.807, 2.05) is 0 Å². The lowest BCUT2D eigenvalue weighted by Gasteiger charge is -2.47. The Hall–Kier alpha value is -0.560. The summed E-state index contributed by atoms with van der Waals surface area (Å²) in [4.78, 5) is 0. The van der Waals surface area contributed by atoms with Gasteiger partial charge in [-0.3, -0.25) is 0 Å². The smallest absolute Gasteiger partial charge is 0.186 e. The van der Waals surface area contributed by atoms with E-state index in [4.69, 9.17) is 47.6 Å². The largest absolute Gasteiger partial charge is 0.394 e. The van der Waals surface area contributed by atoms with Gasteiger partial charge in [0.15, 0.2) is 12.6 Å². The van der Waals surface area contributed by atoms with Gasteiger partial charge >= 0.3 is 0 Å². The highest BCUT2D eigenvalue weighted by Crippen LogP contribution is 2.30. The van der Waals surface area contributed by atoms with Gasteiger partial charge in [0.2, 0.25) is 0 Å². The Labute approximate surface area is 185 Å². The van der Waals surface area contributed by atoms with E-state index in [2.05, 4.69) is 0 Å². The number of nitrogens with two attached hydrogens (primary N) is 5. The fourth-order valence-corrected chi connectivity index (χ4v) is 4.43. The van der Waals surface area contributed by atoms with E-state index in [0.29, 0.717) is 0 Å². The molecule has 0 spiro atoms. The summed E-state index contributed by atoms with van der Waals surface area (Å²) < 4.78 is 22.7. The molecule has 0 aromatic rings. The molecular weight excluding hydrogens is 430 g/mol. The van der Waals surface area contributed by atoms with E-state index >= 15 is 0 Å². The van der Waals surface area contributed by atoms with Crippen molar-refractivity contribution in [3.63, 3.8) is 0 Å². The molecule has 2 aliphatic heterocycles. The van der Waals surface area contributed by atoms with Gasteiger partial charge in [0.25, 0.3) is 0 Å². The van der Waals surface area contributed by atoms with Crippen LogP contribution < -0.4 is 28.7 Å². The summed E-state index contributed by atoms with van der Waals surface area (Å²) in [5, 5.41) is 50.7. The highest BCUT2D eigenvalue weighted by molar-refractivity contribution is 5.01. The average molecular weight is 468 g/mol. The van der Waals surface area contributed by atoms with Crippen LogP contribution in [0.25, 0.3) is 0 Å². The molecular formula is C18H37N5O9. The second kappa shape index (κ2) is 10.8. The quantitative estimate of drug-likeness (QED) is 0.174. The van der Waals surface area contributed by atoms with Crippen molar-refractivity contribution >= 4 is 0 Å². The highest BCUT2D eigenvalue weighted by Gasteiger charge is 2.50. The Morgan fingerprint density at radius 3 is 1.84 bits per heavy atom. The lowest BCUT2D eigenvalue weighted by Crippen LogP contribution is -2.68. The molecule has 0 bridgehead atoms. The normalized spacial score (nSPS) is 52.7. The van der Waals surface area contributed by atoms with E-state index in [9.17, 15) is 25.5 Å². The number of hydrogen-bond acceptors (Lipinski definition) is 14. The third kappa shape index (κ3) is 5.24. The van der Waals surface area contributed by atoms with Gasteiger partial charge in [-0.1, -0.05) is 0 Å². The Bertz CT molecular complexity index is 607. The minimum Gasteiger partial charge on any atom is -0.394 e. The molecule has 32 heavy (non-hydrogen) atoms. The van der Waals surface area contributed by atoms with Crippen LogP contribution in [0.15, 0.2) is 0 Å². The van der Waals surface area contributed by atoms with Crippen LogP contribution in [-0.4, -0.2) is 124 Å². The Balaban J connectivity index is 1.70. The van der Waals surface area contributed by atoms with Gasteiger partial charge in [-0.2, -0.15) is 0 Å². The molecule has 14 nitrogen and oxygen atoms in total. The van der Waals surface area contributed by atoms with Crippen molar-refractivity contribution in [3.8, 4) is 0 Å². The molecule has 188 valence electrons. The monoisotopic (exact) mass is 467 g/mol. The minimum atomic E-state index is -1.44. The molecule has 0 amide bonds. The van der Waals surface area contributed by atoms with Crippen LogP contribution in [0.1, 0.15) is 12.8 Å². The van der Waals surface area contributed by atoms with E-state index < -0.39 is 92.2 Å². The Morgan fingerprint density at radius 1 is 0.719 bits per heavy atom. The molecule has 15 N–H and O–H groups in total. The van der Waals surface area contributed by atoms with Crippen LogP contribution in [0.3, 0.4) is 0 Å². The number of hydrogen-bond donors (Lipinski definition) is 10. The van der Waals surface area contributed by atoms with Crippen molar-refractivity contribution in [1.29, 1.82) is 0 Å². The van der Waals surface area contributed by atoms with Crippen molar-refractivity contribution in [1.82, 2.24) is 0 Å². The maximum atomic E-state index is 11.0. The van der Waals surface area contributed by atoms with Gasteiger partial charge in [-0.25, -0.2) is 0 Å². The summed E-state index contributed by atoms with van der Waals surface area (Å²) in [6, 6.07) is -3.27. The predicted molar refractivity (Wildman–Crippen MR) is 108 cm³/mol. The van der Waals surface area contributed by atoms with Crippen molar-refractivity contribution < 1.29 is 44.5 Å². The summed E-state index contributed by atoms with van der Waals surface area (Å²) >= 11 is 0. The fourth-order valence-electron chi connectivity index (χ4n) is 4.43. The lowest BCUT2D eigenvalue weighted by molar-refractivity contribution is -0.314. The van der Waals surface area contributed by atoms with Crippen LogP contribution in [0.4, 0.5) is 0 Å². The van der Waals surface area contributed by atoms with Gasteiger partial charge < -0.3 is 73.1 Å². The van der Waals surface area contributed by atoms with Crippen LogP contribution in [0, 0.1) is 0 Å². The summed E-state index contributed by atoms with van der Waals surface area (Å²) in [6.07, 6.45) is -10.8. The van der Waals surface area contributed by atoms with E-state index in [0.717, 1.165) is 0 Å². The third-order valence-electron chi connectivity index (χ3n) is 6.41. The zero-order chi connectivity index (χ0) is 23.7. The Kier molecular flexibility index (Phi) is 8.79. The van der Waals surface area contributed by atoms with Crippen LogP contribution >= 0.6 is 0 Å². The highest BCUT2D eigenvalue weighted by atomic mass is 16.7. The SMILES string of the molecule is NC[C@@H]1O[C@H](O[C@H]2[C@@H](O)[C@@H](O[C@@H]3O[C@H](CO)[C@H](O)[C@H](N)[C@@H]3O)[C@@H](N)C[C@H]2N)[C@@H](N)C[C@H]1O. The molecule has 2 heterocycles. The first-order chi connectivity index (χ1) is 15.1. The van der Waals surface area contributed by atoms with Crippen LogP contribution in [-0.2, 0) is 18.9 Å². The van der Waals surface area contributed by atoms with Crippen molar-refractivity contribution in [2.75, 3.05) is 13.2 Å². The zero-order valence-corrected chi connectivity index (χ0v) is 17.7. The second-order valence-corrected chi connectivity index (χ2v) is 8.78. The molecule has 2 saturated heterocycles. The third-order valence-corrected chi connectivity index (χ3v) is 6.41. The number of aliphatic hydroxyl groups is 5. The summed E-state index contributed by atoms with van der Waals surface area (Å²) in [5.41, 5.74) is 29.8. The lowest BCUT2D eigenvalue weighted by atomic mass is 9.84. The maximum absolute atomic E-state index is 11.0. The van der Waals surface area contributed by atoms with Crippen molar-refractivity contribution in [2.24, 2.45) is 28.7 Å². The fraction of sp³-hybridized carbons (Fsp3) is 1.00. The van der Waals surface area contributed by atoms with Gasteiger partial charge in [0.05, 0.1) is 30.9 Å². The molecule has 14 heteroatoms. The molecule has 1 saturated carbocycles. The van der Waals surface area contributed by atoms with Crippen molar-refractivity contribution in [3.05, 3.63) is 0 Å². The molecule has 0 unspecified atom stereocenters. The van der Waals surface area contributed by atoms with E-state index in [1.165, 1.54) is 0 Å². The Morgan fingerprint density at radius 2 is 1.28 bits per heavy atom. The van der Waals surface area contributed by atoms with E-state index in [-0.39, 0.29) is 19.4 Å². The van der Waals surface area contributed by atoms with Gasteiger partial charge in [-0.05, 0) is 12.8 Å². The average Bonchev–Trinajstić information content (AvgIpc) is 2.75. The predicted octanol–water partition coefficient (Wildman–Crippen LogP) is -6.30. The zero-order valence-electron chi connectivity index (χ0n) is 17.7. The number of ether oxygens (including phenoxy) is 4.